The minimum absolute atomic E-state index is 0.277. The zero-order valence-electron chi connectivity index (χ0n) is 13.5. The van der Waals surface area contributed by atoms with Crippen molar-refractivity contribution in [1.29, 1.82) is 0 Å². The fraction of sp³-hybridized carbons (Fsp3) is 0.118. The highest BCUT2D eigenvalue weighted by atomic mass is 35.5. The monoisotopic (exact) mass is 392 g/mol. The highest BCUT2D eigenvalue weighted by molar-refractivity contribution is 7.12. The van der Waals surface area contributed by atoms with Crippen molar-refractivity contribution in [2.75, 3.05) is 0 Å². The van der Waals surface area contributed by atoms with Gasteiger partial charge in [-0.2, -0.15) is 5.10 Å². The lowest BCUT2D eigenvalue weighted by molar-refractivity contribution is 0.0955. The van der Waals surface area contributed by atoms with Gasteiger partial charge >= 0.3 is 0 Å². The van der Waals surface area contributed by atoms with Crippen LogP contribution in [0.5, 0.6) is 0 Å². The number of rotatable bonds is 4. The van der Waals surface area contributed by atoms with Crippen LogP contribution in [0.2, 0.25) is 10.0 Å². The van der Waals surface area contributed by atoms with Crippen molar-refractivity contribution in [1.82, 2.24) is 15.0 Å². The number of hydrogen-bond donors (Lipinski definition) is 1. The van der Waals surface area contributed by atoms with Crippen molar-refractivity contribution >= 4 is 46.7 Å². The zero-order chi connectivity index (χ0) is 18.0. The Morgan fingerprint density at radius 2 is 2.12 bits per heavy atom. The van der Waals surface area contributed by atoms with Crippen LogP contribution in [-0.4, -0.2) is 21.7 Å². The van der Waals surface area contributed by atoms with E-state index in [1.165, 1.54) is 6.07 Å². The van der Waals surface area contributed by atoms with E-state index in [1.54, 1.807) is 35.9 Å². The summed E-state index contributed by atoms with van der Waals surface area (Å²) in [4.78, 5) is 16.5. The Bertz CT molecular complexity index is 948. The van der Waals surface area contributed by atoms with E-state index in [4.69, 9.17) is 23.2 Å². The predicted octanol–water partition coefficient (Wildman–Crippen LogP) is 4.62. The number of halogens is 2. The molecule has 0 saturated heterocycles. The summed E-state index contributed by atoms with van der Waals surface area (Å²) in [6.45, 7) is 3.97. The fourth-order valence-corrected chi connectivity index (χ4v) is 3.56. The summed E-state index contributed by atoms with van der Waals surface area (Å²) in [7, 11) is 0. The summed E-state index contributed by atoms with van der Waals surface area (Å²) in [5, 5.41) is 7.60. The number of amides is 1. The number of benzene rings is 1. The molecule has 128 valence electrons. The van der Waals surface area contributed by atoms with Crippen LogP contribution >= 0.6 is 34.5 Å². The molecular weight excluding hydrogens is 379 g/mol. The van der Waals surface area contributed by atoms with E-state index in [-0.39, 0.29) is 5.56 Å². The average Bonchev–Trinajstić information content (AvgIpc) is 3.18. The third kappa shape index (κ3) is 3.76. The van der Waals surface area contributed by atoms with Gasteiger partial charge in [-0.25, -0.2) is 10.4 Å². The van der Waals surface area contributed by atoms with Crippen LogP contribution in [0.1, 0.15) is 27.3 Å². The first-order valence-electron chi connectivity index (χ1n) is 7.34. The lowest BCUT2D eigenvalue weighted by Gasteiger charge is -2.04. The van der Waals surface area contributed by atoms with E-state index in [0.717, 1.165) is 22.1 Å². The largest absolute Gasteiger partial charge is 0.294 e. The van der Waals surface area contributed by atoms with E-state index in [0.29, 0.717) is 10.0 Å². The second-order valence-electron chi connectivity index (χ2n) is 5.30. The van der Waals surface area contributed by atoms with Gasteiger partial charge in [-0.05, 0) is 38.1 Å². The molecule has 0 atom stereocenters. The second kappa shape index (κ2) is 7.39. The molecule has 25 heavy (non-hydrogen) atoms. The van der Waals surface area contributed by atoms with E-state index in [2.05, 4.69) is 15.5 Å². The van der Waals surface area contributed by atoms with Gasteiger partial charge < -0.3 is 0 Å². The van der Waals surface area contributed by atoms with Crippen LogP contribution in [-0.2, 0) is 0 Å². The summed E-state index contributed by atoms with van der Waals surface area (Å²) in [6, 6.07) is 6.68. The van der Waals surface area contributed by atoms with Gasteiger partial charge in [-0.15, -0.1) is 11.3 Å². The standard InChI is InChI=1S/C17H14Cl2N4OS/c1-10-7-12(11(2)23(10)17-20-5-6-25-17)9-21-22-16(24)14-8-13(18)3-4-15(14)19/h3-9H,1-2H3,(H,22,24)/b21-9-. The minimum Gasteiger partial charge on any atom is -0.294 e. The lowest BCUT2D eigenvalue weighted by Crippen LogP contribution is -2.18. The summed E-state index contributed by atoms with van der Waals surface area (Å²) >= 11 is 13.5. The van der Waals surface area contributed by atoms with E-state index in [1.807, 2.05) is 29.9 Å². The van der Waals surface area contributed by atoms with Gasteiger partial charge in [0.1, 0.15) is 0 Å². The number of thiazole rings is 1. The van der Waals surface area contributed by atoms with Crippen LogP contribution in [0.25, 0.3) is 5.13 Å². The second-order valence-corrected chi connectivity index (χ2v) is 7.02. The number of nitrogens with one attached hydrogen (secondary N) is 1. The molecule has 0 bridgehead atoms. The fourth-order valence-electron chi connectivity index (χ4n) is 2.43. The number of aromatic nitrogens is 2. The predicted molar refractivity (Wildman–Crippen MR) is 102 cm³/mol. The van der Waals surface area contributed by atoms with Crippen molar-refractivity contribution in [3.63, 3.8) is 0 Å². The van der Waals surface area contributed by atoms with E-state index >= 15 is 0 Å². The van der Waals surface area contributed by atoms with E-state index in [9.17, 15) is 4.79 Å². The number of carbonyl (C=O) groups is 1. The number of hydrazone groups is 1. The van der Waals surface area contributed by atoms with Crippen molar-refractivity contribution in [3.8, 4) is 5.13 Å². The van der Waals surface area contributed by atoms with Crippen LogP contribution in [0.4, 0.5) is 0 Å². The average molecular weight is 393 g/mol. The van der Waals surface area contributed by atoms with Gasteiger partial charge in [-0.3, -0.25) is 9.36 Å². The van der Waals surface area contributed by atoms with Crippen LogP contribution < -0.4 is 5.43 Å². The van der Waals surface area contributed by atoms with Gasteiger partial charge in [0.15, 0.2) is 5.13 Å². The number of nitrogens with zero attached hydrogens (tertiary/aromatic N) is 3. The Hall–Kier alpha value is -2.15. The Kier molecular flexibility index (Phi) is 5.22. The molecule has 1 N–H and O–H groups in total. The Labute approximate surface area is 158 Å². The van der Waals surface area contributed by atoms with Gasteiger partial charge in [0.25, 0.3) is 5.91 Å². The first-order chi connectivity index (χ1) is 12.0. The van der Waals surface area contributed by atoms with Gasteiger partial charge in [0.05, 0.1) is 16.8 Å². The van der Waals surface area contributed by atoms with Gasteiger partial charge in [0, 0.05) is 33.6 Å². The Balaban J connectivity index is 1.78. The summed E-state index contributed by atoms with van der Waals surface area (Å²) in [5.74, 6) is -0.419. The normalized spacial score (nSPS) is 11.2. The Morgan fingerprint density at radius 1 is 1.32 bits per heavy atom. The van der Waals surface area contributed by atoms with Gasteiger partial charge in [0.2, 0.25) is 0 Å². The molecule has 0 unspecified atom stereocenters. The van der Waals surface area contributed by atoms with Crippen LogP contribution in [0.15, 0.2) is 40.9 Å². The molecule has 0 saturated carbocycles. The molecule has 8 heteroatoms. The number of hydrogen-bond acceptors (Lipinski definition) is 4. The number of carbonyl (C=O) groups excluding carboxylic acids is 1. The highest BCUT2D eigenvalue weighted by Crippen LogP contribution is 2.22. The molecule has 0 fully saturated rings. The molecule has 0 aliphatic heterocycles. The third-order valence-electron chi connectivity index (χ3n) is 3.62. The molecule has 0 aliphatic carbocycles. The molecule has 3 aromatic rings. The molecule has 1 aromatic carbocycles. The quantitative estimate of drug-likeness (QED) is 0.519. The Morgan fingerprint density at radius 3 is 2.84 bits per heavy atom. The molecule has 0 radical (unpaired) electrons. The number of aryl methyl sites for hydroxylation is 1. The maximum absolute atomic E-state index is 12.2. The zero-order valence-corrected chi connectivity index (χ0v) is 15.8. The van der Waals surface area contributed by atoms with Crippen molar-refractivity contribution in [2.24, 2.45) is 5.10 Å². The van der Waals surface area contributed by atoms with Crippen molar-refractivity contribution in [3.05, 3.63) is 68.4 Å². The van der Waals surface area contributed by atoms with Crippen molar-refractivity contribution in [2.45, 2.75) is 13.8 Å². The molecule has 1 amide bonds. The molecule has 2 aromatic heterocycles. The molecule has 0 aliphatic rings. The first-order valence-corrected chi connectivity index (χ1v) is 8.98. The minimum atomic E-state index is -0.419. The van der Waals surface area contributed by atoms with Crippen molar-refractivity contribution < 1.29 is 4.79 Å². The summed E-state index contributed by atoms with van der Waals surface area (Å²) in [6.07, 6.45) is 3.37. The molecule has 5 nitrogen and oxygen atoms in total. The summed E-state index contributed by atoms with van der Waals surface area (Å²) in [5.41, 5.74) is 5.67. The maximum Gasteiger partial charge on any atom is 0.272 e. The highest BCUT2D eigenvalue weighted by Gasteiger charge is 2.12. The lowest BCUT2D eigenvalue weighted by atomic mass is 10.2. The van der Waals surface area contributed by atoms with Crippen LogP contribution in [0, 0.1) is 13.8 Å². The van der Waals surface area contributed by atoms with Gasteiger partial charge in [-0.1, -0.05) is 23.2 Å². The molecule has 3 rings (SSSR count). The third-order valence-corrected chi connectivity index (χ3v) is 4.94. The smallest absolute Gasteiger partial charge is 0.272 e. The topological polar surface area (TPSA) is 59.3 Å². The summed E-state index contributed by atoms with van der Waals surface area (Å²) < 4.78 is 2.04. The molecule has 2 heterocycles. The molecule has 0 spiro atoms. The molecular formula is C17H14Cl2N4OS. The SMILES string of the molecule is Cc1cc(/C=N\NC(=O)c2cc(Cl)ccc2Cl)c(C)n1-c1nccs1. The van der Waals surface area contributed by atoms with E-state index < -0.39 is 5.91 Å². The first kappa shape index (κ1) is 17.7. The van der Waals surface area contributed by atoms with Crippen LogP contribution in [0.3, 0.4) is 0 Å². The maximum atomic E-state index is 12.2.